The molecule has 0 unspecified atom stereocenters. The van der Waals surface area contributed by atoms with Crippen LogP contribution in [0.15, 0.2) is 59.1 Å². The van der Waals surface area contributed by atoms with Crippen LogP contribution in [0.25, 0.3) is 0 Å². The minimum Gasteiger partial charge on any atom is -0.490 e. The van der Waals surface area contributed by atoms with E-state index in [-0.39, 0.29) is 28.7 Å². The van der Waals surface area contributed by atoms with E-state index in [1.807, 2.05) is 32.0 Å². The van der Waals surface area contributed by atoms with E-state index in [2.05, 4.69) is 39.1 Å². The number of allylic oxidation sites excluding steroid dienone is 1. The van der Waals surface area contributed by atoms with E-state index in [1.165, 1.54) is 11.1 Å². The molecule has 0 saturated heterocycles. The summed E-state index contributed by atoms with van der Waals surface area (Å²) in [4.78, 5) is 15.9. The Labute approximate surface area is 294 Å². The molecule has 2 bridgehead atoms. The van der Waals surface area contributed by atoms with Crippen LogP contribution in [0, 0.1) is 24.7 Å². The Morgan fingerprint density at radius 3 is 2.71 bits per heavy atom. The fourth-order valence-corrected chi connectivity index (χ4v) is 10.1. The Kier molecular flexibility index (Phi) is 9.11. The van der Waals surface area contributed by atoms with Gasteiger partial charge in [0.15, 0.2) is 0 Å². The highest BCUT2D eigenvalue weighted by atomic mass is 35.5. The van der Waals surface area contributed by atoms with Crippen molar-refractivity contribution in [3.63, 3.8) is 0 Å². The summed E-state index contributed by atoms with van der Waals surface area (Å²) in [6.07, 6.45) is 10.2. The molecule has 3 aromatic rings. The molecule has 4 aliphatic rings. The summed E-state index contributed by atoms with van der Waals surface area (Å²) in [6.45, 7) is 7.34. The largest absolute Gasteiger partial charge is 0.490 e. The first kappa shape index (κ1) is 34.1. The molecule has 1 saturated carbocycles. The van der Waals surface area contributed by atoms with Crippen molar-refractivity contribution in [1.82, 2.24) is 9.88 Å². The maximum atomic E-state index is 13.6. The van der Waals surface area contributed by atoms with Crippen LogP contribution >= 0.6 is 11.6 Å². The summed E-state index contributed by atoms with van der Waals surface area (Å²) in [5.41, 5.74) is 3.47. The Morgan fingerprint density at radius 2 is 1.98 bits per heavy atom. The zero-order chi connectivity index (χ0) is 34.6. The second kappa shape index (κ2) is 13.1. The molecule has 1 aromatic heterocycles. The van der Waals surface area contributed by atoms with Gasteiger partial charge in [-0.25, -0.2) is 13.1 Å². The van der Waals surface area contributed by atoms with Crippen molar-refractivity contribution >= 4 is 33.2 Å². The van der Waals surface area contributed by atoms with Gasteiger partial charge < -0.3 is 18.9 Å². The number of anilines is 1. The molecule has 1 spiro atoms. The van der Waals surface area contributed by atoms with Crippen LogP contribution in [0.4, 0.5) is 5.69 Å². The smallest absolute Gasteiger partial charge is 0.264 e. The van der Waals surface area contributed by atoms with Gasteiger partial charge in [-0.15, -0.1) is 0 Å². The number of aryl methyl sites for hydroxylation is 2. The highest BCUT2D eigenvalue weighted by Gasteiger charge is 2.49. The first-order chi connectivity index (χ1) is 23.4. The number of nitrogens with one attached hydrogen (secondary N) is 1. The summed E-state index contributed by atoms with van der Waals surface area (Å²) < 4.78 is 48.0. The first-order valence-corrected chi connectivity index (χ1v) is 19.4. The van der Waals surface area contributed by atoms with Crippen molar-refractivity contribution in [3.8, 4) is 5.75 Å². The number of rotatable bonds is 3. The van der Waals surface area contributed by atoms with Gasteiger partial charge in [0, 0.05) is 48.7 Å². The normalized spacial score (nSPS) is 31.8. The average Bonchev–Trinajstić information content (AvgIpc) is 3.40. The standard InChI is InChI=1S/C38H46ClN3O6S/c1-24-7-5-16-38(46-4,20-31-17-25(2)48-40-31)33-12-9-29(33)21-42-22-37(15-6-8-27-18-30(39)11-13-32(27)37)23-47-35-14-10-28(19-34(35)42)36(43)41-49(44,45)26(24)3/h5,10-11,13-14,16-19,24,26,29,33H,6-9,12,15,20-23H2,1-4H3,(H,41,43)/b16-5-/t24-,26+,29-,33+,37-,38+/m0/s1. The number of carbonyl (C=O) groups excluding carboxylic acids is 1. The lowest BCUT2D eigenvalue weighted by molar-refractivity contribution is -0.0753. The van der Waals surface area contributed by atoms with Crippen LogP contribution in [-0.2, 0) is 33.0 Å². The topological polar surface area (TPSA) is 111 Å². The van der Waals surface area contributed by atoms with Crippen LogP contribution in [0.3, 0.4) is 0 Å². The lowest BCUT2D eigenvalue weighted by Crippen LogP contribution is -2.54. The first-order valence-electron chi connectivity index (χ1n) is 17.4. The molecular weight excluding hydrogens is 662 g/mol. The van der Waals surface area contributed by atoms with E-state index in [9.17, 15) is 13.2 Å². The van der Waals surface area contributed by atoms with E-state index >= 15 is 0 Å². The van der Waals surface area contributed by atoms with Crippen molar-refractivity contribution in [1.29, 1.82) is 0 Å². The third-order valence-electron chi connectivity index (χ3n) is 11.7. The minimum atomic E-state index is -3.97. The molecule has 9 nitrogen and oxygen atoms in total. The van der Waals surface area contributed by atoms with Gasteiger partial charge >= 0.3 is 0 Å². The van der Waals surface area contributed by atoms with Crippen LogP contribution in [0.5, 0.6) is 5.75 Å². The molecule has 1 amide bonds. The highest BCUT2D eigenvalue weighted by molar-refractivity contribution is 7.90. The average molecular weight is 708 g/mol. The van der Waals surface area contributed by atoms with Crippen LogP contribution < -0.4 is 14.4 Å². The third kappa shape index (κ3) is 6.40. The number of ether oxygens (including phenoxy) is 2. The van der Waals surface area contributed by atoms with Gasteiger partial charge in [-0.05, 0) is 112 Å². The molecule has 7 rings (SSSR count). The Morgan fingerprint density at radius 1 is 1.14 bits per heavy atom. The summed E-state index contributed by atoms with van der Waals surface area (Å²) in [6, 6.07) is 13.5. The van der Waals surface area contributed by atoms with E-state index < -0.39 is 26.8 Å². The van der Waals surface area contributed by atoms with Crippen molar-refractivity contribution in [2.45, 2.75) is 82.0 Å². The SMILES string of the molecule is CO[C@@]1(Cc2cc(C)on2)/C=C\C[C@H](C)[C@@H](C)S(=O)(=O)NC(=O)c2ccc3c(c2)N(C[C@@H]2CC[C@H]21)C[C@@]1(CCCc2cc(Cl)ccc21)CO3. The predicted molar refractivity (Wildman–Crippen MR) is 190 cm³/mol. The Hall–Kier alpha value is -3.34. The lowest BCUT2D eigenvalue weighted by Gasteiger charge is -2.50. The molecule has 0 radical (unpaired) electrons. The van der Waals surface area contributed by atoms with E-state index in [0.29, 0.717) is 31.7 Å². The monoisotopic (exact) mass is 707 g/mol. The van der Waals surface area contributed by atoms with Crippen molar-refractivity contribution in [2.24, 2.45) is 17.8 Å². The van der Waals surface area contributed by atoms with Crippen LogP contribution in [-0.4, -0.2) is 57.1 Å². The molecule has 1 fully saturated rings. The fraction of sp³-hybridized carbons (Fsp3) is 0.526. The summed E-state index contributed by atoms with van der Waals surface area (Å²) in [7, 11) is -2.21. The number of amides is 1. The molecule has 3 heterocycles. The summed E-state index contributed by atoms with van der Waals surface area (Å²) in [5.74, 6) is 0.986. The number of halogens is 1. The maximum absolute atomic E-state index is 13.6. The number of hydrogen-bond donors (Lipinski definition) is 1. The molecule has 49 heavy (non-hydrogen) atoms. The van der Waals surface area contributed by atoms with Crippen LogP contribution in [0.1, 0.15) is 78.9 Å². The fourth-order valence-electron chi connectivity index (χ4n) is 8.62. The zero-order valence-electron chi connectivity index (χ0n) is 28.7. The number of methoxy groups -OCH3 is 1. The van der Waals surface area contributed by atoms with Crippen molar-refractivity contribution in [3.05, 3.63) is 87.8 Å². The van der Waals surface area contributed by atoms with Crippen LogP contribution in [0.2, 0.25) is 5.02 Å². The van der Waals surface area contributed by atoms with E-state index in [1.54, 1.807) is 26.2 Å². The second-order valence-electron chi connectivity index (χ2n) is 14.8. The minimum absolute atomic E-state index is 0.169. The molecule has 262 valence electrons. The quantitative estimate of drug-likeness (QED) is 0.296. The summed E-state index contributed by atoms with van der Waals surface area (Å²) in [5, 5.41) is 4.27. The van der Waals surface area contributed by atoms with Gasteiger partial charge in [0.2, 0.25) is 10.0 Å². The van der Waals surface area contributed by atoms with Gasteiger partial charge in [-0.2, -0.15) is 0 Å². The number of hydrogen-bond acceptors (Lipinski definition) is 8. The molecule has 2 aliphatic heterocycles. The molecule has 11 heteroatoms. The summed E-state index contributed by atoms with van der Waals surface area (Å²) >= 11 is 6.47. The zero-order valence-corrected chi connectivity index (χ0v) is 30.3. The molecule has 1 N–H and O–H groups in total. The number of nitrogens with zero attached hydrogens (tertiary/aromatic N) is 2. The van der Waals surface area contributed by atoms with E-state index in [0.717, 1.165) is 60.8 Å². The number of carbonyl (C=O) groups is 1. The number of benzene rings is 2. The van der Waals surface area contributed by atoms with Crippen molar-refractivity contribution < 1.29 is 27.2 Å². The molecule has 2 aromatic carbocycles. The van der Waals surface area contributed by atoms with Gasteiger partial charge in [0.25, 0.3) is 5.91 Å². The lowest BCUT2D eigenvalue weighted by atomic mass is 9.62. The van der Waals surface area contributed by atoms with Crippen molar-refractivity contribution in [2.75, 3.05) is 31.7 Å². The predicted octanol–water partition coefficient (Wildman–Crippen LogP) is 6.81. The van der Waals surface area contributed by atoms with Gasteiger partial charge in [-0.3, -0.25) is 4.79 Å². The van der Waals surface area contributed by atoms with Gasteiger partial charge in [0.05, 0.1) is 28.8 Å². The Bertz CT molecular complexity index is 1880. The van der Waals surface area contributed by atoms with Gasteiger partial charge in [0.1, 0.15) is 11.5 Å². The van der Waals surface area contributed by atoms with Gasteiger partial charge in [-0.1, -0.05) is 41.9 Å². The molecular formula is C38H46ClN3O6S. The second-order valence-corrected chi connectivity index (χ2v) is 17.3. The Balaban J connectivity index is 1.34. The molecule has 2 aliphatic carbocycles. The number of fused-ring (bicyclic) bond motifs is 4. The third-order valence-corrected chi connectivity index (χ3v) is 13.9. The maximum Gasteiger partial charge on any atom is 0.264 e. The number of aromatic nitrogens is 1. The van der Waals surface area contributed by atoms with E-state index in [4.69, 9.17) is 25.6 Å². The number of sulfonamides is 1. The highest BCUT2D eigenvalue weighted by Crippen LogP contribution is 2.49. The molecule has 6 atom stereocenters.